The first-order chi connectivity index (χ1) is 10.7. The van der Waals surface area contributed by atoms with Crippen molar-refractivity contribution in [2.75, 3.05) is 13.2 Å². The Kier molecular flexibility index (Phi) is 4.90. The van der Waals surface area contributed by atoms with E-state index in [0.717, 1.165) is 25.0 Å². The van der Waals surface area contributed by atoms with Crippen molar-refractivity contribution < 1.29 is 14.4 Å². The number of rotatable bonds is 6. The summed E-state index contributed by atoms with van der Waals surface area (Å²) in [5.74, 6) is 0.613. The Labute approximate surface area is 131 Å². The highest BCUT2D eigenvalue weighted by molar-refractivity contribution is 5.71. The summed E-state index contributed by atoms with van der Waals surface area (Å²) in [7, 11) is 2.03. The van der Waals surface area contributed by atoms with Gasteiger partial charge in [-0.1, -0.05) is 24.3 Å². The number of fused-ring (bicyclic) bond motifs is 1. The smallest absolute Gasteiger partial charge is 0.244 e. The molecule has 1 aromatic carbocycles. The normalized spacial score (nSPS) is 19.6. The molecule has 0 radical (unpaired) electrons. The predicted molar refractivity (Wildman–Crippen MR) is 86.4 cm³/mol. The van der Waals surface area contributed by atoms with Crippen molar-refractivity contribution in [3.8, 4) is 0 Å². The van der Waals surface area contributed by atoms with Crippen molar-refractivity contribution >= 4 is 11.0 Å². The maximum Gasteiger partial charge on any atom is 0.244 e. The fraction of sp³-hybridized carbons (Fsp3) is 0.500. The van der Waals surface area contributed by atoms with E-state index in [1.54, 1.807) is 0 Å². The van der Waals surface area contributed by atoms with Crippen LogP contribution in [-0.4, -0.2) is 29.0 Å². The van der Waals surface area contributed by atoms with Crippen LogP contribution in [0.2, 0.25) is 0 Å². The van der Waals surface area contributed by atoms with Gasteiger partial charge in [-0.3, -0.25) is 0 Å². The van der Waals surface area contributed by atoms with E-state index in [0.29, 0.717) is 19.1 Å². The molecule has 22 heavy (non-hydrogen) atoms. The molecule has 3 rings (SSSR count). The van der Waals surface area contributed by atoms with E-state index in [2.05, 4.69) is 33.4 Å². The highest BCUT2D eigenvalue weighted by atomic mass is 16.5. The fourth-order valence-electron chi connectivity index (χ4n) is 3.14. The van der Waals surface area contributed by atoms with Crippen molar-refractivity contribution in [1.82, 2.24) is 4.57 Å². The summed E-state index contributed by atoms with van der Waals surface area (Å²) < 4.78 is 9.89. The Morgan fingerprint density at radius 2 is 2.23 bits per heavy atom. The molecule has 118 valence electrons. The third kappa shape index (κ3) is 3.57. The second-order valence-electron chi connectivity index (χ2n) is 6.21. The highest BCUT2D eigenvalue weighted by Gasteiger charge is 2.17. The van der Waals surface area contributed by atoms with Gasteiger partial charge in [0.15, 0.2) is 11.0 Å². The molecule has 1 N–H and O–H groups in total. The van der Waals surface area contributed by atoms with E-state index in [1.807, 2.05) is 25.5 Å². The molecule has 0 bridgehead atoms. The van der Waals surface area contributed by atoms with E-state index in [1.165, 1.54) is 11.9 Å². The standard InChI is InChI=1S/C18H25N2O2/c1-19-14-20(18-10-6-5-9-17(18)19)11-16(21)13-22-12-15-7-3-2-4-8-15/h2-3,5-6,9-10,14-16,21H,4,7-8,11-13H2,1H3/q+1/t15-,16+/m1/s1. The fourth-order valence-corrected chi connectivity index (χ4v) is 3.14. The molecule has 1 aromatic heterocycles. The summed E-state index contributed by atoms with van der Waals surface area (Å²) in [6.45, 7) is 1.71. The number of hydrogen-bond acceptors (Lipinski definition) is 2. The number of aliphatic hydroxyl groups is 1. The van der Waals surface area contributed by atoms with Crippen LogP contribution < -0.4 is 4.57 Å². The van der Waals surface area contributed by atoms with Crippen molar-refractivity contribution in [3.05, 3.63) is 42.7 Å². The largest absolute Gasteiger partial charge is 0.387 e. The number of aryl methyl sites for hydroxylation is 1. The van der Waals surface area contributed by atoms with Gasteiger partial charge < -0.3 is 9.84 Å². The molecule has 0 saturated carbocycles. The molecular weight excluding hydrogens is 276 g/mol. The molecule has 0 spiro atoms. The average Bonchev–Trinajstić information content (AvgIpc) is 2.85. The zero-order valence-corrected chi connectivity index (χ0v) is 13.2. The van der Waals surface area contributed by atoms with Gasteiger partial charge in [0.1, 0.15) is 12.6 Å². The molecule has 0 amide bonds. The number of nitrogens with zero attached hydrogens (tertiary/aromatic N) is 2. The average molecular weight is 301 g/mol. The summed E-state index contributed by atoms with van der Waals surface area (Å²) in [5, 5.41) is 10.2. The first-order valence-corrected chi connectivity index (χ1v) is 8.08. The van der Waals surface area contributed by atoms with Gasteiger partial charge in [0.05, 0.1) is 13.7 Å². The minimum Gasteiger partial charge on any atom is -0.387 e. The Balaban J connectivity index is 1.52. The molecule has 1 heterocycles. The molecule has 1 aliphatic rings. The summed E-state index contributed by atoms with van der Waals surface area (Å²) >= 11 is 0. The zero-order chi connectivity index (χ0) is 15.4. The lowest BCUT2D eigenvalue weighted by atomic mass is 9.95. The van der Waals surface area contributed by atoms with E-state index in [-0.39, 0.29) is 0 Å². The number of allylic oxidation sites excluding steroid dienone is 2. The number of imidazole rings is 1. The number of hydrogen-bond donors (Lipinski definition) is 1. The molecule has 4 heteroatoms. The molecule has 4 nitrogen and oxygen atoms in total. The second-order valence-corrected chi connectivity index (χ2v) is 6.21. The van der Waals surface area contributed by atoms with Gasteiger partial charge >= 0.3 is 0 Å². The van der Waals surface area contributed by atoms with Crippen LogP contribution in [-0.2, 0) is 18.3 Å². The summed E-state index contributed by atoms with van der Waals surface area (Å²) in [6.07, 6.45) is 9.48. The Hall–Kier alpha value is -1.65. The Bertz CT molecular complexity index is 648. The quantitative estimate of drug-likeness (QED) is 0.656. The molecular formula is C18H25N2O2+. The lowest BCUT2D eigenvalue weighted by Crippen LogP contribution is -2.27. The third-order valence-electron chi connectivity index (χ3n) is 4.33. The minimum absolute atomic E-state index is 0.399. The summed E-state index contributed by atoms with van der Waals surface area (Å²) in [5.41, 5.74) is 2.31. The Morgan fingerprint density at radius 3 is 3.05 bits per heavy atom. The van der Waals surface area contributed by atoms with Crippen LogP contribution in [0.5, 0.6) is 0 Å². The van der Waals surface area contributed by atoms with Crippen molar-refractivity contribution in [1.29, 1.82) is 0 Å². The monoisotopic (exact) mass is 301 g/mol. The lowest BCUT2D eigenvalue weighted by molar-refractivity contribution is -0.645. The highest BCUT2D eigenvalue weighted by Crippen LogP contribution is 2.18. The minimum atomic E-state index is -0.477. The predicted octanol–water partition coefficient (Wildman–Crippen LogP) is 2.20. The number of para-hydroxylation sites is 2. The maximum absolute atomic E-state index is 10.2. The van der Waals surface area contributed by atoms with Gasteiger partial charge in [0, 0.05) is 6.61 Å². The third-order valence-corrected chi connectivity index (χ3v) is 4.33. The number of ether oxygens (including phenoxy) is 1. The van der Waals surface area contributed by atoms with E-state index in [4.69, 9.17) is 4.74 Å². The van der Waals surface area contributed by atoms with Crippen LogP contribution in [0.4, 0.5) is 0 Å². The van der Waals surface area contributed by atoms with Gasteiger partial charge in [0.25, 0.3) is 0 Å². The van der Waals surface area contributed by atoms with Crippen LogP contribution in [0.15, 0.2) is 42.7 Å². The number of benzene rings is 1. The van der Waals surface area contributed by atoms with Gasteiger partial charge in [0.2, 0.25) is 6.33 Å². The first kappa shape index (κ1) is 15.3. The molecule has 0 unspecified atom stereocenters. The van der Waals surface area contributed by atoms with Gasteiger partial charge in [-0.2, -0.15) is 0 Å². The van der Waals surface area contributed by atoms with Crippen molar-refractivity contribution in [3.63, 3.8) is 0 Å². The van der Waals surface area contributed by atoms with Crippen LogP contribution in [0.1, 0.15) is 19.3 Å². The molecule has 0 aliphatic heterocycles. The summed E-state index contributed by atoms with van der Waals surface area (Å²) in [4.78, 5) is 0. The number of aromatic nitrogens is 2. The van der Waals surface area contributed by atoms with Gasteiger partial charge in [-0.25, -0.2) is 9.13 Å². The molecule has 1 aliphatic carbocycles. The van der Waals surface area contributed by atoms with Crippen molar-refractivity contribution in [2.24, 2.45) is 13.0 Å². The van der Waals surface area contributed by atoms with Gasteiger partial charge in [-0.15, -0.1) is 0 Å². The van der Waals surface area contributed by atoms with Crippen LogP contribution in [0.3, 0.4) is 0 Å². The topological polar surface area (TPSA) is 38.3 Å². The SMILES string of the molecule is C[n+]1cn(C[C@H](O)COC[C@@H]2CC=CCC2)c2ccccc21. The van der Waals surface area contributed by atoms with Crippen LogP contribution in [0.25, 0.3) is 11.0 Å². The van der Waals surface area contributed by atoms with E-state index < -0.39 is 6.10 Å². The number of aliphatic hydroxyl groups excluding tert-OH is 1. The molecule has 2 aromatic rings. The zero-order valence-electron chi connectivity index (χ0n) is 13.2. The molecule has 2 atom stereocenters. The first-order valence-electron chi connectivity index (χ1n) is 8.08. The van der Waals surface area contributed by atoms with E-state index in [9.17, 15) is 5.11 Å². The Morgan fingerprint density at radius 1 is 1.36 bits per heavy atom. The summed E-state index contributed by atoms with van der Waals surface area (Å²) in [6, 6.07) is 8.23. The van der Waals surface area contributed by atoms with E-state index >= 15 is 0 Å². The van der Waals surface area contributed by atoms with Crippen LogP contribution in [0, 0.1) is 5.92 Å². The second kappa shape index (κ2) is 7.07. The maximum atomic E-state index is 10.2. The van der Waals surface area contributed by atoms with Crippen LogP contribution >= 0.6 is 0 Å². The molecule has 0 saturated heterocycles. The van der Waals surface area contributed by atoms with Crippen molar-refractivity contribution in [2.45, 2.75) is 31.9 Å². The van der Waals surface area contributed by atoms with Gasteiger partial charge in [-0.05, 0) is 37.3 Å². The molecule has 0 fully saturated rings. The lowest BCUT2D eigenvalue weighted by Gasteiger charge is -2.18.